The van der Waals surface area contributed by atoms with Gasteiger partial charge in [0.25, 0.3) is 0 Å². The van der Waals surface area contributed by atoms with Crippen LogP contribution >= 0.6 is 11.8 Å². The number of carboxylic acids is 1. The van der Waals surface area contributed by atoms with Gasteiger partial charge in [-0.3, -0.25) is 4.79 Å². The number of thioether (sulfide) groups is 1. The normalized spacial score (nSPS) is 36.2. The van der Waals surface area contributed by atoms with Crippen molar-refractivity contribution in [1.29, 1.82) is 0 Å². The molecule has 7 heteroatoms. The Hall–Kier alpha value is -0.340. The molecular weight excluding hydrogens is 272 g/mol. The third-order valence-electron chi connectivity index (χ3n) is 3.07. The molecular formula is C12H22O6S. The summed E-state index contributed by atoms with van der Waals surface area (Å²) in [4.78, 5) is 10.4. The van der Waals surface area contributed by atoms with Crippen LogP contribution in [0.2, 0.25) is 0 Å². The number of hydrogen-bond donors (Lipinski definition) is 4. The molecule has 5 unspecified atom stereocenters. The summed E-state index contributed by atoms with van der Waals surface area (Å²) in [5, 5.41) is 38.2. The molecule has 0 spiro atoms. The summed E-state index contributed by atoms with van der Waals surface area (Å²) in [5.41, 5.74) is -0.393. The lowest BCUT2D eigenvalue weighted by Gasteiger charge is -2.45. The van der Waals surface area contributed by atoms with Gasteiger partial charge in [-0.25, -0.2) is 0 Å². The molecule has 112 valence electrons. The molecule has 0 aromatic heterocycles. The summed E-state index contributed by atoms with van der Waals surface area (Å²) in [6.07, 6.45) is -4.95. The first-order chi connectivity index (χ1) is 8.64. The fraction of sp³-hybridized carbons (Fsp3) is 0.917. The lowest BCUT2D eigenvalue weighted by molar-refractivity contribution is -0.238. The van der Waals surface area contributed by atoms with Crippen LogP contribution in [0.5, 0.6) is 0 Å². The van der Waals surface area contributed by atoms with E-state index < -0.39 is 41.9 Å². The number of aliphatic hydroxyl groups excluding tert-OH is 3. The minimum absolute atomic E-state index is 0.0919. The second-order valence-corrected chi connectivity index (χ2v) is 6.87. The Morgan fingerprint density at radius 1 is 1.16 bits per heavy atom. The van der Waals surface area contributed by atoms with Crippen molar-refractivity contribution >= 4 is 17.7 Å². The summed E-state index contributed by atoms with van der Waals surface area (Å²) in [7, 11) is 0. The van der Waals surface area contributed by atoms with E-state index in [0.29, 0.717) is 0 Å². The molecule has 1 rings (SSSR count). The lowest BCUT2D eigenvalue weighted by atomic mass is 9.80. The molecule has 1 saturated heterocycles. The Morgan fingerprint density at radius 3 is 2.21 bits per heavy atom. The molecule has 0 aromatic rings. The van der Waals surface area contributed by atoms with Crippen LogP contribution in [-0.4, -0.2) is 68.4 Å². The molecule has 1 aliphatic rings. The fourth-order valence-electron chi connectivity index (χ4n) is 2.07. The number of aliphatic hydroxyl groups is 3. The van der Waals surface area contributed by atoms with Crippen molar-refractivity contribution < 1.29 is 30.0 Å². The lowest BCUT2D eigenvalue weighted by Crippen LogP contribution is -2.61. The predicted octanol–water partition coefficient (Wildman–Crippen LogP) is -0.300. The maximum absolute atomic E-state index is 10.4. The van der Waals surface area contributed by atoms with Crippen LogP contribution in [0.1, 0.15) is 20.8 Å². The van der Waals surface area contributed by atoms with Crippen LogP contribution in [0.25, 0.3) is 0 Å². The first-order valence-corrected chi connectivity index (χ1v) is 7.29. The number of carbonyl (C=O) groups is 1. The topological polar surface area (TPSA) is 107 Å². The molecule has 4 N–H and O–H groups in total. The molecule has 19 heavy (non-hydrogen) atoms. The summed E-state index contributed by atoms with van der Waals surface area (Å²) in [6.45, 7) is 5.60. The zero-order valence-corrected chi connectivity index (χ0v) is 12.1. The fourth-order valence-corrected chi connectivity index (χ4v) is 2.87. The second-order valence-electron chi connectivity index (χ2n) is 5.84. The highest BCUT2D eigenvalue weighted by Crippen LogP contribution is 2.33. The van der Waals surface area contributed by atoms with Gasteiger partial charge in [0.05, 0.1) is 18.0 Å². The van der Waals surface area contributed by atoms with Crippen LogP contribution in [0.15, 0.2) is 0 Å². The smallest absolute Gasteiger partial charge is 0.313 e. The van der Waals surface area contributed by atoms with Gasteiger partial charge >= 0.3 is 5.97 Å². The maximum Gasteiger partial charge on any atom is 0.313 e. The highest BCUT2D eigenvalue weighted by molar-refractivity contribution is 7.99. The van der Waals surface area contributed by atoms with E-state index in [9.17, 15) is 20.1 Å². The van der Waals surface area contributed by atoms with E-state index in [-0.39, 0.29) is 11.5 Å². The van der Waals surface area contributed by atoms with Crippen molar-refractivity contribution in [2.24, 2.45) is 5.41 Å². The highest BCUT2D eigenvalue weighted by Gasteiger charge is 2.47. The van der Waals surface area contributed by atoms with Gasteiger partial charge in [0.15, 0.2) is 0 Å². The molecule has 5 atom stereocenters. The summed E-state index contributed by atoms with van der Waals surface area (Å²) in [5.74, 6) is -0.779. The Balaban J connectivity index is 2.68. The van der Waals surface area contributed by atoms with Crippen molar-refractivity contribution in [1.82, 2.24) is 0 Å². The molecule has 1 heterocycles. The average molecular weight is 294 g/mol. The van der Waals surface area contributed by atoms with E-state index in [1.807, 2.05) is 20.8 Å². The quantitative estimate of drug-likeness (QED) is 0.564. The maximum atomic E-state index is 10.4. The Morgan fingerprint density at radius 2 is 1.74 bits per heavy atom. The van der Waals surface area contributed by atoms with Gasteiger partial charge in [0.2, 0.25) is 0 Å². The van der Waals surface area contributed by atoms with Gasteiger partial charge in [0, 0.05) is 5.75 Å². The van der Waals surface area contributed by atoms with Gasteiger partial charge in [-0.1, -0.05) is 20.8 Å². The van der Waals surface area contributed by atoms with Crippen LogP contribution in [0.4, 0.5) is 0 Å². The van der Waals surface area contributed by atoms with Crippen LogP contribution in [0, 0.1) is 5.41 Å². The van der Waals surface area contributed by atoms with Crippen LogP contribution in [0.3, 0.4) is 0 Å². The van der Waals surface area contributed by atoms with Crippen molar-refractivity contribution in [2.45, 2.75) is 51.3 Å². The Labute approximate surface area is 116 Å². The van der Waals surface area contributed by atoms with E-state index in [1.165, 1.54) is 0 Å². The second kappa shape index (κ2) is 6.41. The molecule has 0 amide bonds. The predicted molar refractivity (Wildman–Crippen MR) is 71.1 cm³/mol. The van der Waals surface area contributed by atoms with E-state index >= 15 is 0 Å². The zero-order chi connectivity index (χ0) is 14.8. The third kappa shape index (κ3) is 4.32. The van der Waals surface area contributed by atoms with E-state index in [4.69, 9.17) is 9.84 Å². The monoisotopic (exact) mass is 294 g/mol. The Kier molecular flexibility index (Phi) is 5.64. The van der Waals surface area contributed by atoms with E-state index in [2.05, 4.69) is 0 Å². The highest BCUT2D eigenvalue weighted by atomic mass is 32.2. The average Bonchev–Trinajstić information content (AvgIpc) is 2.27. The SMILES string of the molecule is CC(C)(C)C1OC(CSCC(=O)O)C(O)C(O)C1O. The molecule has 0 saturated carbocycles. The molecule has 0 aromatic carbocycles. The number of aliphatic carboxylic acids is 1. The number of hydrogen-bond acceptors (Lipinski definition) is 6. The first-order valence-electron chi connectivity index (χ1n) is 6.13. The zero-order valence-electron chi connectivity index (χ0n) is 11.3. The van der Waals surface area contributed by atoms with Gasteiger partial charge in [-0.05, 0) is 5.41 Å². The molecule has 0 aliphatic carbocycles. The number of rotatable bonds is 4. The van der Waals surface area contributed by atoms with Gasteiger partial charge in [0.1, 0.15) is 18.3 Å². The third-order valence-corrected chi connectivity index (χ3v) is 4.09. The molecule has 0 bridgehead atoms. The van der Waals surface area contributed by atoms with Crippen LogP contribution < -0.4 is 0 Å². The Bertz CT molecular complexity index is 316. The first kappa shape index (κ1) is 16.7. The number of ether oxygens (including phenoxy) is 1. The number of carboxylic acid groups (broad SMARTS) is 1. The van der Waals surface area contributed by atoms with E-state index in [0.717, 1.165) is 11.8 Å². The van der Waals surface area contributed by atoms with Gasteiger partial charge in [-0.15, -0.1) is 11.8 Å². The van der Waals surface area contributed by atoms with Crippen molar-refractivity contribution in [3.63, 3.8) is 0 Å². The van der Waals surface area contributed by atoms with Crippen molar-refractivity contribution in [2.75, 3.05) is 11.5 Å². The standard InChI is InChI=1S/C12H22O6S/c1-12(2,3)11-10(17)9(16)8(15)6(18-11)4-19-5-7(13)14/h6,8-11,15-17H,4-5H2,1-3H3,(H,13,14). The summed E-state index contributed by atoms with van der Waals surface area (Å²) < 4.78 is 5.65. The minimum Gasteiger partial charge on any atom is -0.481 e. The molecule has 6 nitrogen and oxygen atoms in total. The molecule has 1 fully saturated rings. The molecule has 1 aliphatic heterocycles. The minimum atomic E-state index is -1.28. The summed E-state index contributed by atoms with van der Waals surface area (Å²) in [6, 6.07) is 0. The molecule has 0 radical (unpaired) electrons. The van der Waals surface area contributed by atoms with Crippen LogP contribution in [-0.2, 0) is 9.53 Å². The van der Waals surface area contributed by atoms with Crippen molar-refractivity contribution in [3.8, 4) is 0 Å². The van der Waals surface area contributed by atoms with Gasteiger partial charge < -0.3 is 25.2 Å². The van der Waals surface area contributed by atoms with Gasteiger partial charge in [-0.2, -0.15) is 0 Å². The van der Waals surface area contributed by atoms with E-state index in [1.54, 1.807) is 0 Å². The summed E-state index contributed by atoms with van der Waals surface area (Å²) >= 11 is 1.11. The largest absolute Gasteiger partial charge is 0.481 e. The van der Waals surface area contributed by atoms with Crippen molar-refractivity contribution in [3.05, 3.63) is 0 Å².